The summed E-state index contributed by atoms with van der Waals surface area (Å²) in [6, 6.07) is 13.5. The van der Waals surface area contributed by atoms with Crippen LogP contribution in [0.1, 0.15) is 25.5 Å². The Bertz CT molecular complexity index is 1650. The summed E-state index contributed by atoms with van der Waals surface area (Å²) in [6.07, 6.45) is 7.69. The minimum absolute atomic E-state index is 0.00466. The zero-order valence-electron chi connectivity index (χ0n) is 21.0. The van der Waals surface area contributed by atoms with Crippen molar-refractivity contribution in [3.05, 3.63) is 72.3 Å². The normalized spacial score (nSPS) is 15.6. The van der Waals surface area contributed by atoms with Crippen LogP contribution in [-0.2, 0) is 16.3 Å². The molecule has 0 radical (unpaired) electrons. The van der Waals surface area contributed by atoms with Gasteiger partial charge in [0.15, 0.2) is 15.5 Å². The number of pyridine rings is 1. The second kappa shape index (κ2) is 9.88. The van der Waals surface area contributed by atoms with Crippen LogP contribution in [0.4, 0.5) is 5.82 Å². The number of hydrogen-bond acceptors (Lipinski definition) is 8. The van der Waals surface area contributed by atoms with Crippen molar-refractivity contribution in [2.45, 2.75) is 37.1 Å². The van der Waals surface area contributed by atoms with E-state index in [9.17, 15) is 13.6 Å². The van der Waals surface area contributed by atoms with Crippen LogP contribution in [0.2, 0.25) is 0 Å². The third-order valence-electron chi connectivity index (χ3n) is 6.61. The summed E-state index contributed by atoms with van der Waals surface area (Å²) >= 11 is 0. The van der Waals surface area contributed by atoms with Crippen molar-refractivity contribution in [3.8, 4) is 22.4 Å². The molecule has 0 bridgehead atoms. The lowest BCUT2D eigenvalue weighted by atomic mass is 10.0. The monoisotopic (exact) mass is 532 g/mol. The van der Waals surface area contributed by atoms with Crippen LogP contribution < -0.4 is 11.2 Å². The average Bonchev–Trinajstić information content (AvgIpc) is 3.50. The van der Waals surface area contributed by atoms with Gasteiger partial charge >= 0.3 is 0 Å². The van der Waals surface area contributed by atoms with Crippen molar-refractivity contribution in [1.82, 2.24) is 30.0 Å². The zero-order valence-corrected chi connectivity index (χ0v) is 21.8. The van der Waals surface area contributed by atoms with Gasteiger partial charge in [-0.1, -0.05) is 42.0 Å². The fraction of sp³-hybridized carbons (Fsp3) is 0.231. The van der Waals surface area contributed by atoms with E-state index in [1.54, 1.807) is 23.5 Å². The molecule has 0 amide bonds. The summed E-state index contributed by atoms with van der Waals surface area (Å²) in [7, 11) is -3.72. The van der Waals surface area contributed by atoms with Crippen LogP contribution in [0, 0.1) is 5.41 Å². The van der Waals surface area contributed by atoms with Gasteiger partial charge < -0.3 is 10.6 Å². The number of nitrogens with one attached hydrogen (secondary N) is 2. The molecule has 38 heavy (non-hydrogen) atoms. The number of guanidine groups is 1. The Morgan fingerprint density at radius 1 is 1.18 bits per heavy atom. The van der Waals surface area contributed by atoms with Crippen molar-refractivity contribution in [1.29, 1.82) is 5.41 Å². The maximum Gasteiger partial charge on any atom is 0.219 e. The summed E-state index contributed by atoms with van der Waals surface area (Å²) in [4.78, 5) is 10.9. The number of benzene rings is 1. The van der Waals surface area contributed by atoms with Crippen molar-refractivity contribution in [2.75, 3.05) is 12.0 Å². The Kier molecular flexibility index (Phi) is 6.59. The molecule has 1 aromatic carbocycles. The topological polar surface area (TPSA) is 163 Å². The molecule has 5 N–H and O–H groups in total. The fourth-order valence-corrected chi connectivity index (χ4v) is 5.92. The molecule has 0 saturated heterocycles. The van der Waals surface area contributed by atoms with Gasteiger partial charge in [-0.05, 0) is 32.3 Å². The summed E-state index contributed by atoms with van der Waals surface area (Å²) in [5.74, 6) is -0.155. The number of rotatable bonds is 6. The van der Waals surface area contributed by atoms with E-state index in [1.807, 2.05) is 54.9 Å². The molecular formula is C26H28N8O3S. The number of sulfone groups is 1. The Morgan fingerprint density at radius 2 is 1.95 bits per heavy atom. The number of nitrogens with two attached hydrogens (primary N) is 1. The summed E-state index contributed by atoms with van der Waals surface area (Å²) < 4.78 is 26.9. The van der Waals surface area contributed by atoms with E-state index in [2.05, 4.69) is 10.1 Å². The van der Waals surface area contributed by atoms with Crippen molar-refractivity contribution in [3.63, 3.8) is 0 Å². The molecule has 11 nitrogen and oxygen atoms in total. The second-order valence-corrected chi connectivity index (χ2v) is 11.3. The van der Waals surface area contributed by atoms with Gasteiger partial charge in [-0.2, -0.15) is 9.61 Å². The Balaban J connectivity index is 1.52. The number of aryl methyl sites for hydroxylation is 1. The molecule has 4 aromatic rings. The summed E-state index contributed by atoms with van der Waals surface area (Å²) in [5, 5.41) is 21.5. The molecule has 0 aliphatic carbocycles. The minimum atomic E-state index is -3.72. The first-order valence-corrected chi connectivity index (χ1v) is 13.9. The van der Waals surface area contributed by atoms with Gasteiger partial charge in [0, 0.05) is 41.4 Å². The van der Waals surface area contributed by atoms with E-state index in [4.69, 9.17) is 16.1 Å². The zero-order chi connectivity index (χ0) is 27.0. The van der Waals surface area contributed by atoms with Crippen molar-refractivity contribution in [2.24, 2.45) is 0 Å². The van der Waals surface area contributed by atoms with E-state index in [-0.39, 0.29) is 22.7 Å². The molecule has 12 heteroatoms. The van der Waals surface area contributed by atoms with Crippen LogP contribution in [0.25, 0.3) is 28.0 Å². The van der Waals surface area contributed by atoms with Crippen LogP contribution in [0.3, 0.4) is 0 Å². The standard InChI is InChI=1S/C26H28N8O3S/c1-16-12-19(33(15-16)26(28)32-35)9-11-22-23(38(2,36)37)24(27)34-25(31-22)20(14-30-34)18-8-10-21(29-13-18)17-6-4-3-5-7-17/h3-8,10,13-15,19,35H,9,11-12,27H2,1-2H3,(H2,28,32)/t19-/m0/s1. The maximum absolute atomic E-state index is 12.8. The first-order valence-electron chi connectivity index (χ1n) is 12.0. The van der Waals surface area contributed by atoms with Gasteiger partial charge in [-0.15, -0.1) is 0 Å². The maximum atomic E-state index is 12.8. The molecule has 5 rings (SSSR count). The number of nitrogens with zero attached hydrogens (tertiary/aromatic N) is 5. The molecule has 0 unspecified atom stereocenters. The average molecular weight is 533 g/mol. The van der Waals surface area contributed by atoms with Gasteiger partial charge in [0.05, 0.1) is 17.6 Å². The van der Waals surface area contributed by atoms with Crippen molar-refractivity contribution >= 4 is 27.3 Å². The molecule has 0 spiro atoms. The quantitative estimate of drug-likeness (QED) is 0.166. The number of aromatic nitrogens is 4. The molecule has 1 aliphatic rings. The summed E-state index contributed by atoms with van der Waals surface area (Å²) in [6.45, 7) is 1.94. The highest BCUT2D eigenvalue weighted by Crippen LogP contribution is 2.32. The molecule has 196 valence electrons. The van der Waals surface area contributed by atoms with E-state index in [0.717, 1.165) is 28.6 Å². The first-order chi connectivity index (χ1) is 18.2. The summed E-state index contributed by atoms with van der Waals surface area (Å²) in [5.41, 5.74) is 13.3. The minimum Gasteiger partial charge on any atom is -0.382 e. The number of anilines is 1. The van der Waals surface area contributed by atoms with Crippen LogP contribution in [0.15, 0.2) is 71.5 Å². The number of hydroxylamine groups is 1. The highest BCUT2D eigenvalue weighted by Gasteiger charge is 2.29. The van der Waals surface area contributed by atoms with E-state index < -0.39 is 9.84 Å². The highest BCUT2D eigenvalue weighted by molar-refractivity contribution is 7.91. The predicted molar refractivity (Wildman–Crippen MR) is 144 cm³/mol. The van der Waals surface area contributed by atoms with E-state index in [0.29, 0.717) is 36.2 Å². The van der Waals surface area contributed by atoms with Gasteiger partial charge in [-0.3, -0.25) is 15.6 Å². The van der Waals surface area contributed by atoms with Gasteiger partial charge in [0.1, 0.15) is 10.7 Å². The largest absolute Gasteiger partial charge is 0.382 e. The third kappa shape index (κ3) is 4.71. The highest BCUT2D eigenvalue weighted by atomic mass is 32.2. The predicted octanol–water partition coefficient (Wildman–Crippen LogP) is 3.27. The lowest BCUT2D eigenvalue weighted by Gasteiger charge is -2.25. The fourth-order valence-electron chi connectivity index (χ4n) is 4.87. The van der Waals surface area contributed by atoms with Gasteiger partial charge in [-0.25, -0.2) is 18.9 Å². The van der Waals surface area contributed by atoms with Crippen LogP contribution in [-0.4, -0.2) is 56.4 Å². The molecule has 0 fully saturated rings. The number of fused-ring (bicyclic) bond motifs is 1. The van der Waals surface area contributed by atoms with E-state index >= 15 is 0 Å². The Morgan fingerprint density at radius 3 is 2.61 bits per heavy atom. The molecule has 1 atom stereocenters. The molecule has 0 saturated carbocycles. The molecular weight excluding hydrogens is 504 g/mol. The third-order valence-corrected chi connectivity index (χ3v) is 7.80. The van der Waals surface area contributed by atoms with Crippen molar-refractivity contribution < 1.29 is 13.6 Å². The Hall–Kier alpha value is -4.29. The lowest BCUT2D eigenvalue weighted by Crippen LogP contribution is -2.40. The number of nitrogen functional groups attached to an aromatic ring is 1. The van der Waals surface area contributed by atoms with Crippen LogP contribution >= 0.6 is 0 Å². The Labute approximate surface area is 220 Å². The second-order valence-electron chi connectivity index (χ2n) is 9.38. The van der Waals surface area contributed by atoms with E-state index in [1.165, 1.54) is 4.52 Å². The SMILES string of the molecule is CC1=CN(C(=N)NO)[C@@H](CCc2nc3c(-c4ccc(-c5ccccc5)nc4)cnn3c(N)c2S(C)(=O)=O)C1. The first kappa shape index (κ1) is 25.4. The molecule has 1 aliphatic heterocycles. The van der Waals surface area contributed by atoms with Crippen LogP contribution in [0.5, 0.6) is 0 Å². The number of hydrogen-bond donors (Lipinski definition) is 4. The van der Waals surface area contributed by atoms with Gasteiger partial charge in [0.25, 0.3) is 0 Å². The smallest absolute Gasteiger partial charge is 0.219 e. The molecule has 3 aromatic heterocycles. The lowest BCUT2D eigenvalue weighted by molar-refractivity contribution is 0.210. The van der Waals surface area contributed by atoms with Gasteiger partial charge in [0.2, 0.25) is 5.96 Å². The molecule has 4 heterocycles.